The zero-order valence-electron chi connectivity index (χ0n) is 20.9. The Kier molecular flexibility index (Phi) is 4.99. The Bertz CT molecular complexity index is 1040. The summed E-state index contributed by atoms with van der Waals surface area (Å²) in [6.07, 6.45) is 7.53. The topological polar surface area (TPSA) is 91.0 Å². The SMILES string of the molecule is CC1(CC2C[C@@H]3C[C@H]2C[C@H]3C(=O)O)C2CC1[C@]1(C)OB([C@@H](N)C[C@@H]3COc4ccccc43)O[C@@H]1C2. The molecule has 5 saturated carbocycles. The molecule has 2 heterocycles. The van der Waals surface area contributed by atoms with E-state index in [1.54, 1.807) is 0 Å². The number of fused-ring (bicyclic) bond motifs is 3. The molecule has 4 unspecified atom stereocenters. The number of aliphatic carboxylic acids is 1. The molecule has 0 radical (unpaired) electrons. The summed E-state index contributed by atoms with van der Waals surface area (Å²) in [5.74, 6) is 3.24. The maximum atomic E-state index is 11.6. The van der Waals surface area contributed by atoms with Gasteiger partial charge in [-0.2, -0.15) is 0 Å². The highest BCUT2D eigenvalue weighted by Gasteiger charge is 2.70. The van der Waals surface area contributed by atoms with Crippen molar-refractivity contribution in [2.24, 2.45) is 46.7 Å². The third kappa shape index (κ3) is 3.23. The minimum atomic E-state index is -0.579. The normalized spacial score (nSPS) is 47.7. The van der Waals surface area contributed by atoms with Crippen LogP contribution in [-0.4, -0.2) is 42.4 Å². The van der Waals surface area contributed by atoms with Crippen LogP contribution in [0, 0.1) is 40.9 Å². The second-order valence-corrected chi connectivity index (χ2v) is 13.1. The van der Waals surface area contributed by atoms with Gasteiger partial charge in [-0.25, -0.2) is 0 Å². The van der Waals surface area contributed by atoms with Crippen molar-refractivity contribution in [3.05, 3.63) is 29.8 Å². The Labute approximate surface area is 208 Å². The summed E-state index contributed by atoms with van der Waals surface area (Å²) < 4.78 is 19.2. The summed E-state index contributed by atoms with van der Waals surface area (Å²) in [6.45, 7) is 5.44. The molecule has 188 valence electrons. The van der Waals surface area contributed by atoms with Crippen molar-refractivity contribution in [2.45, 2.75) is 82.4 Å². The fourth-order valence-electron chi connectivity index (χ4n) is 9.58. The van der Waals surface area contributed by atoms with Crippen LogP contribution in [0.15, 0.2) is 24.3 Å². The molecule has 1 saturated heterocycles. The average molecular weight is 479 g/mol. The maximum Gasteiger partial charge on any atom is 0.475 e. The molecule has 0 amide bonds. The van der Waals surface area contributed by atoms with Crippen LogP contribution in [0.2, 0.25) is 0 Å². The minimum Gasteiger partial charge on any atom is -0.493 e. The second kappa shape index (κ2) is 7.72. The summed E-state index contributed by atoms with van der Waals surface area (Å²) in [4.78, 5) is 11.6. The van der Waals surface area contributed by atoms with Crippen LogP contribution < -0.4 is 10.5 Å². The van der Waals surface area contributed by atoms with E-state index in [1.165, 1.54) is 18.4 Å². The van der Waals surface area contributed by atoms with E-state index in [0.29, 0.717) is 36.2 Å². The van der Waals surface area contributed by atoms with Gasteiger partial charge in [-0.1, -0.05) is 25.1 Å². The van der Waals surface area contributed by atoms with Gasteiger partial charge in [-0.05, 0) is 92.9 Å². The monoisotopic (exact) mass is 479 g/mol. The van der Waals surface area contributed by atoms with Crippen LogP contribution in [0.1, 0.15) is 70.3 Å². The largest absolute Gasteiger partial charge is 0.493 e. The van der Waals surface area contributed by atoms with Gasteiger partial charge in [0.1, 0.15) is 5.75 Å². The van der Waals surface area contributed by atoms with Crippen molar-refractivity contribution in [3.8, 4) is 5.75 Å². The Morgan fingerprint density at radius 2 is 2.00 bits per heavy atom. The number of ether oxygens (including phenoxy) is 1. The van der Waals surface area contributed by atoms with Gasteiger partial charge in [0.25, 0.3) is 0 Å². The van der Waals surface area contributed by atoms with E-state index in [0.717, 1.165) is 37.9 Å². The van der Waals surface area contributed by atoms with Crippen LogP contribution in [-0.2, 0) is 14.1 Å². The number of nitrogens with two attached hydrogens (primary N) is 1. The molecule has 0 spiro atoms. The van der Waals surface area contributed by atoms with E-state index >= 15 is 0 Å². The van der Waals surface area contributed by atoms with Crippen LogP contribution in [0.4, 0.5) is 0 Å². The van der Waals surface area contributed by atoms with Crippen molar-refractivity contribution >= 4 is 13.1 Å². The maximum absolute atomic E-state index is 11.6. The Balaban J connectivity index is 1.02. The van der Waals surface area contributed by atoms with E-state index < -0.39 is 5.97 Å². The van der Waals surface area contributed by atoms with Gasteiger partial charge in [0, 0.05) is 17.4 Å². The van der Waals surface area contributed by atoms with Crippen molar-refractivity contribution in [3.63, 3.8) is 0 Å². The molecule has 4 bridgehead atoms. The quantitative estimate of drug-likeness (QED) is 0.593. The molecule has 6 nitrogen and oxygen atoms in total. The Morgan fingerprint density at radius 3 is 2.77 bits per heavy atom. The fraction of sp³-hybridized carbons (Fsp3) is 0.750. The van der Waals surface area contributed by atoms with E-state index in [-0.39, 0.29) is 42.0 Å². The third-order valence-electron chi connectivity index (χ3n) is 11.5. The number of carbonyl (C=O) groups is 1. The smallest absolute Gasteiger partial charge is 0.475 e. The first-order valence-electron chi connectivity index (χ1n) is 13.8. The van der Waals surface area contributed by atoms with Gasteiger partial charge >= 0.3 is 13.1 Å². The van der Waals surface area contributed by atoms with Crippen LogP contribution in [0.3, 0.4) is 0 Å². The Morgan fingerprint density at radius 1 is 1.17 bits per heavy atom. The van der Waals surface area contributed by atoms with Gasteiger partial charge in [-0.3, -0.25) is 4.79 Å². The number of rotatable bonds is 6. The number of benzene rings is 1. The van der Waals surface area contributed by atoms with E-state index in [1.807, 2.05) is 12.1 Å². The molecule has 1 aromatic rings. The average Bonchev–Trinajstić information content (AvgIpc) is 3.59. The molecule has 11 atom stereocenters. The summed E-state index contributed by atoms with van der Waals surface area (Å²) in [6, 6.07) is 8.26. The third-order valence-corrected chi connectivity index (χ3v) is 11.5. The zero-order chi connectivity index (χ0) is 24.1. The van der Waals surface area contributed by atoms with E-state index in [4.69, 9.17) is 19.8 Å². The molecule has 35 heavy (non-hydrogen) atoms. The Hall–Kier alpha value is -1.57. The first kappa shape index (κ1) is 22.6. The summed E-state index contributed by atoms with van der Waals surface area (Å²) in [5.41, 5.74) is 7.94. The number of hydrogen-bond acceptors (Lipinski definition) is 5. The lowest BCUT2D eigenvalue weighted by Crippen LogP contribution is -2.67. The highest BCUT2D eigenvalue weighted by molar-refractivity contribution is 6.47. The standard InChI is InChI=1S/C28H38BNO5/c1-27(13-17-8-16-7-15(17)9-21(16)26(31)32)19-11-23(27)28(2)24(12-19)34-29(35-28)25(30)10-18-14-33-22-6-4-3-5-20(18)22/h3-6,15-19,21,23-25H,7-14,30H2,1-2H3,(H,31,32)/t15-,16-,17?,18+,19?,21+,23?,24+,25-,27?,28-/m0/s1. The number of carboxylic acid groups (broad SMARTS) is 1. The lowest BCUT2D eigenvalue weighted by atomic mass is 9.41. The predicted octanol–water partition coefficient (Wildman–Crippen LogP) is 4.26. The molecule has 7 heteroatoms. The highest BCUT2D eigenvalue weighted by Crippen LogP contribution is 2.69. The van der Waals surface area contributed by atoms with Gasteiger partial charge in [0.2, 0.25) is 0 Å². The van der Waals surface area contributed by atoms with Crippen LogP contribution in [0.5, 0.6) is 5.75 Å². The summed E-state index contributed by atoms with van der Waals surface area (Å²) >= 11 is 0. The summed E-state index contributed by atoms with van der Waals surface area (Å²) in [7, 11) is -0.361. The number of carboxylic acids is 1. The van der Waals surface area contributed by atoms with Gasteiger partial charge in [0.15, 0.2) is 0 Å². The summed E-state index contributed by atoms with van der Waals surface area (Å²) in [5, 5.41) is 9.54. The molecule has 2 aliphatic heterocycles. The van der Waals surface area contributed by atoms with Crippen LogP contribution in [0.25, 0.3) is 0 Å². The first-order chi connectivity index (χ1) is 16.8. The molecule has 6 fully saturated rings. The first-order valence-corrected chi connectivity index (χ1v) is 13.8. The predicted molar refractivity (Wildman–Crippen MR) is 132 cm³/mol. The zero-order valence-corrected chi connectivity index (χ0v) is 20.9. The molecule has 5 aliphatic carbocycles. The molecule has 0 aromatic heterocycles. The van der Waals surface area contributed by atoms with Gasteiger partial charge in [0.05, 0.1) is 24.2 Å². The van der Waals surface area contributed by atoms with E-state index in [2.05, 4.69) is 26.0 Å². The van der Waals surface area contributed by atoms with Gasteiger partial charge < -0.3 is 24.9 Å². The van der Waals surface area contributed by atoms with E-state index in [9.17, 15) is 9.90 Å². The number of para-hydroxylation sites is 1. The van der Waals surface area contributed by atoms with Crippen molar-refractivity contribution in [1.82, 2.24) is 0 Å². The highest BCUT2D eigenvalue weighted by atomic mass is 16.7. The van der Waals surface area contributed by atoms with Crippen molar-refractivity contribution < 1.29 is 23.9 Å². The molecule has 3 N–H and O–H groups in total. The lowest BCUT2D eigenvalue weighted by molar-refractivity contribution is -0.216. The van der Waals surface area contributed by atoms with Crippen molar-refractivity contribution in [2.75, 3.05) is 6.61 Å². The molecular formula is C28H38BNO5. The number of hydrogen-bond donors (Lipinski definition) is 2. The van der Waals surface area contributed by atoms with Gasteiger partial charge in [-0.15, -0.1) is 0 Å². The second-order valence-electron chi connectivity index (χ2n) is 13.1. The molecule has 7 aliphatic rings. The molecule has 8 rings (SSSR count). The van der Waals surface area contributed by atoms with Crippen LogP contribution >= 0.6 is 0 Å². The fourth-order valence-corrected chi connectivity index (χ4v) is 9.58. The molecule has 1 aromatic carbocycles. The lowest BCUT2D eigenvalue weighted by Gasteiger charge is -2.66. The van der Waals surface area contributed by atoms with Crippen molar-refractivity contribution in [1.29, 1.82) is 0 Å². The molecular weight excluding hydrogens is 441 g/mol. The minimum absolute atomic E-state index is 0.0992.